The lowest BCUT2D eigenvalue weighted by Crippen LogP contribution is -2.23. The molecule has 0 spiro atoms. The number of carbonyl (C=O) groups excluding carboxylic acids is 1. The number of nitrogens with zero attached hydrogens (tertiary/aromatic N) is 1. The third-order valence-corrected chi connectivity index (χ3v) is 3.46. The molecule has 2 rings (SSSR count). The highest BCUT2D eigenvalue weighted by molar-refractivity contribution is 5.72. The van der Waals surface area contributed by atoms with Gasteiger partial charge in [-0.15, -0.1) is 0 Å². The first-order valence-corrected chi connectivity index (χ1v) is 6.05. The van der Waals surface area contributed by atoms with Gasteiger partial charge < -0.3 is 4.74 Å². The SMILES string of the molecule is COC(=O)C1CCN(Cc2ccccc2C)C1. The fourth-order valence-corrected chi connectivity index (χ4v) is 2.36. The molecule has 0 radical (unpaired) electrons. The number of likely N-dealkylation sites (tertiary alicyclic amines) is 1. The minimum absolute atomic E-state index is 0.0593. The van der Waals surface area contributed by atoms with Gasteiger partial charge in [0.25, 0.3) is 0 Å². The first-order valence-electron chi connectivity index (χ1n) is 6.05. The van der Waals surface area contributed by atoms with Gasteiger partial charge in [-0.1, -0.05) is 24.3 Å². The van der Waals surface area contributed by atoms with Gasteiger partial charge >= 0.3 is 5.97 Å². The predicted molar refractivity (Wildman–Crippen MR) is 66.6 cm³/mol. The number of hydrogen-bond donors (Lipinski definition) is 0. The second-order valence-electron chi connectivity index (χ2n) is 4.67. The first kappa shape index (κ1) is 12.1. The normalized spacial score (nSPS) is 20.5. The fourth-order valence-electron chi connectivity index (χ4n) is 2.36. The Labute approximate surface area is 102 Å². The van der Waals surface area contributed by atoms with Crippen LogP contribution in [0.3, 0.4) is 0 Å². The second kappa shape index (κ2) is 5.32. The first-order chi connectivity index (χ1) is 8.20. The number of esters is 1. The summed E-state index contributed by atoms with van der Waals surface area (Å²) in [5.41, 5.74) is 2.66. The maximum Gasteiger partial charge on any atom is 0.310 e. The highest BCUT2D eigenvalue weighted by Gasteiger charge is 2.28. The zero-order valence-corrected chi connectivity index (χ0v) is 10.5. The van der Waals surface area contributed by atoms with Gasteiger partial charge in [-0.05, 0) is 31.0 Å². The second-order valence-corrected chi connectivity index (χ2v) is 4.67. The van der Waals surface area contributed by atoms with Crippen molar-refractivity contribution in [1.29, 1.82) is 0 Å². The van der Waals surface area contributed by atoms with Crippen LogP contribution in [0.1, 0.15) is 17.5 Å². The summed E-state index contributed by atoms with van der Waals surface area (Å²) in [7, 11) is 1.46. The highest BCUT2D eigenvalue weighted by Crippen LogP contribution is 2.20. The van der Waals surface area contributed by atoms with Crippen molar-refractivity contribution in [2.45, 2.75) is 19.9 Å². The molecule has 1 fully saturated rings. The van der Waals surface area contributed by atoms with E-state index in [0.717, 1.165) is 26.1 Å². The molecular formula is C14H19NO2. The topological polar surface area (TPSA) is 29.5 Å². The van der Waals surface area contributed by atoms with Crippen molar-refractivity contribution in [3.63, 3.8) is 0 Å². The van der Waals surface area contributed by atoms with Gasteiger partial charge in [-0.3, -0.25) is 9.69 Å². The van der Waals surface area contributed by atoms with Crippen LogP contribution in [0, 0.1) is 12.8 Å². The van der Waals surface area contributed by atoms with Gasteiger partial charge in [0.1, 0.15) is 0 Å². The van der Waals surface area contributed by atoms with Gasteiger partial charge in [0.05, 0.1) is 13.0 Å². The van der Waals surface area contributed by atoms with Crippen molar-refractivity contribution in [2.24, 2.45) is 5.92 Å². The summed E-state index contributed by atoms with van der Waals surface area (Å²) >= 11 is 0. The summed E-state index contributed by atoms with van der Waals surface area (Å²) in [5, 5.41) is 0. The molecule has 0 bridgehead atoms. The van der Waals surface area contributed by atoms with Crippen LogP contribution in [0.4, 0.5) is 0 Å². The average molecular weight is 233 g/mol. The summed E-state index contributed by atoms with van der Waals surface area (Å²) in [6.45, 7) is 4.86. The minimum Gasteiger partial charge on any atom is -0.469 e. The van der Waals surface area contributed by atoms with Crippen LogP contribution in [0.5, 0.6) is 0 Å². The molecule has 0 aliphatic carbocycles. The predicted octanol–water partition coefficient (Wildman–Crippen LogP) is 1.99. The molecule has 1 aliphatic heterocycles. The molecule has 3 heteroatoms. The molecular weight excluding hydrogens is 214 g/mol. The molecule has 92 valence electrons. The lowest BCUT2D eigenvalue weighted by atomic mass is 10.1. The van der Waals surface area contributed by atoms with E-state index in [1.165, 1.54) is 18.2 Å². The zero-order valence-electron chi connectivity index (χ0n) is 10.5. The number of benzene rings is 1. The molecule has 0 aromatic heterocycles. The van der Waals surface area contributed by atoms with E-state index in [4.69, 9.17) is 4.74 Å². The minimum atomic E-state index is -0.0720. The van der Waals surface area contributed by atoms with E-state index in [0.29, 0.717) is 0 Å². The number of aryl methyl sites for hydroxylation is 1. The summed E-state index contributed by atoms with van der Waals surface area (Å²) in [6, 6.07) is 8.40. The van der Waals surface area contributed by atoms with Crippen molar-refractivity contribution in [2.75, 3.05) is 20.2 Å². The fraction of sp³-hybridized carbons (Fsp3) is 0.500. The van der Waals surface area contributed by atoms with Gasteiger partial charge in [0.15, 0.2) is 0 Å². The Morgan fingerprint density at radius 2 is 2.24 bits per heavy atom. The van der Waals surface area contributed by atoms with Crippen molar-refractivity contribution >= 4 is 5.97 Å². The van der Waals surface area contributed by atoms with Gasteiger partial charge in [-0.2, -0.15) is 0 Å². The lowest BCUT2D eigenvalue weighted by Gasteiger charge is -2.16. The van der Waals surface area contributed by atoms with Crippen molar-refractivity contribution in [3.05, 3.63) is 35.4 Å². The molecule has 1 unspecified atom stereocenters. The van der Waals surface area contributed by atoms with Crippen LogP contribution in [0.2, 0.25) is 0 Å². The monoisotopic (exact) mass is 233 g/mol. The summed E-state index contributed by atoms with van der Waals surface area (Å²) in [5.74, 6) is -0.0127. The molecule has 0 saturated carbocycles. The van der Waals surface area contributed by atoms with Crippen LogP contribution in [0.15, 0.2) is 24.3 Å². The average Bonchev–Trinajstić information content (AvgIpc) is 2.80. The van der Waals surface area contributed by atoms with Gasteiger partial charge in [-0.25, -0.2) is 0 Å². The standard InChI is InChI=1S/C14H19NO2/c1-11-5-3-4-6-12(11)9-15-8-7-13(10-15)14(16)17-2/h3-6,13H,7-10H2,1-2H3. The smallest absolute Gasteiger partial charge is 0.310 e. The third kappa shape index (κ3) is 2.86. The number of rotatable bonds is 3. The van der Waals surface area contributed by atoms with E-state index in [1.807, 2.05) is 0 Å². The Morgan fingerprint density at radius 3 is 2.94 bits per heavy atom. The van der Waals surface area contributed by atoms with Crippen molar-refractivity contribution in [3.8, 4) is 0 Å². The molecule has 0 amide bonds. The molecule has 1 heterocycles. The molecule has 17 heavy (non-hydrogen) atoms. The maximum absolute atomic E-state index is 11.4. The van der Waals surface area contributed by atoms with Crippen LogP contribution in [0.25, 0.3) is 0 Å². The quantitative estimate of drug-likeness (QED) is 0.748. The largest absolute Gasteiger partial charge is 0.469 e. The summed E-state index contributed by atoms with van der Waals surface area (Å²) < 4.78 is 4.79. The molecule has 1 aliphatic rings. The van der Waals surface area contributed by atoms with Crippen LogP contribution in [-0.2, 0) is 16.1 Å². The third-order valence-electron chi connectivity index (χ3n) is 3.46. The molecule has 1 saturated heterocycles. The van der Waals surface area contributed by atoms with Crippen LogP contribution in [-0.4, -0.2) is 31.1 Å². The van der Waals surface area contributed by atoms with Crippen LogP contribution >= 0.6 is 0 Å². The Kier molecular flexibility index (Phi) is 3.79. The Hall–Kier alpha value is -1.35. The molecule has 1 aromatic carbocycles. The van der Waals surface area contributed by atoms with Gasteiger partial charge in [0, 0.05) is 13.1 Å². The number of methoxy groups -OCH3 is 1. The molecule has 1 atom stereocenters. The van der Waals surface area contributed by atoms with E-state index >= 15 is 0 Å². The van der Waals surface area contributed by atoms with E-state index in [-0.39, 0.29) is 11.9 Å². The van der Waals surface area contributed by atoms with Gasteiger partial charge in [0.2, 0.25) is 0 Å². The van der Waals surface area contributed by atoms with Crippen molar-refractivity contribution in [1.82, 2.24) is 4.90 Å². The van der Waals surface area contributed by atoms with E-state index in [9.17, 15) is 4.79 Å². The van der Waals surface area contributed by atoms with E-state index in [2.05, 4.69) is 36.1 Å². The molecule has 0 N–H and O–H groups in total. The summed E-state index contributed by atoms with van der Waals surface area (Å²) in [4.78, 5) is 13.8. The molecule has 3 nitrogen and oxygen atoms in total. The Bertz CT molecular complexity index is 403. The summed E-state index contributed by atoms with van der Waals surface area (Å²) in [6.07, 6.45) is 0.915. The Morgan fingerprint density at radius 1 is 1.47 bits per heavy atom. The number of ether oxygens (including phenoxy) is 1. The lowest BCUT2D eigenvalue weighted by molar-refractivity contribution is -0.144. The highest BCUT2D eigenvalue weighted by atomic mass is 16.5. The Balaban J connectivity index is 1.94. The van der Waals surface area contributed by atoms with E-state index in [1.54, 1.807) is 0 Å². The zero-order chi connectivity index (χ0) is 12.3. The van der Waals surface area contributed by atoms with Crippen molar-refractivity contribution < 1.29 is 9.53 Å². The number of carbonyl (C=O) groups is 1. The number of hydrogen-bond acceptors (Lipinski definition) is 3. The maximum atomic E-state index is 11.4. The van der Waals surface area contributed by atoms with Crippen LogP contribution < -0.4 is 0 Å². The van der Waals surface area contributed by atoms with E-state index < -0.39 is 0 Å². The molecule has 1 aromatic rings.